The number of hydrogen-bond acceptors (Lipinski definition) is 0. The number of nitrogens with zero attached hydrogens (tertiary/aromatic N) is 1. The molecule has 0 unspecified atom stereocenters. The molecule has 0 spiro atoms. The fourth-order valence-corrected chi connectivity index (χ4v) is 4.79. The van der Waals surface area contributed by atoms with E-state index in [-0.39, 0.29) is 0 Å². The fraction of sp³-hybridized carbons (Fsp3) is 0. The molecule has 0 amide bonds. The summed E-state index contributed by atoms with van der Waals surface area (Å²) in [6, 6.07) is 27.8. The lowest BCUT2D eigenvalue weighted by Crippen LogP contribution is -1.95. The first-order valence-electron chi connectivity index (χ1n) is 8.11. The quantitative estimate of drug-likeness (QED) is 0.249. The zero-order valence-corrected chi connectivity index (χ0v) is 16.4. The lowest BCUT2D eigenvalue weighted by atomic mass is 10.1. The van der Waals surface area contributed by atoms with Gasteiger partial charge in [0.1, 0.15) is 0 Å². The Labute approximate surface area is 162 Å². The Morgan fingerprint density at radius 1 is 0.560 bits per heavy atom. The molecule has 4 aromatic carbocycles. The summed E-state index contributed by atoms with van der Waals surface area (Å²) in [5.41, 5.74) is 3.61. The first-order chi connectivity index (χ1) is 12.3. The summed E-state index contributed by atoms with van der Waals surface area (Å²) in [7, 11) is 0. The van der Waals surface area contributed by atoms with Gasteiger partial charge in [-0.2, -0.15) is 0 Å². The summed E-state index contributed by atoms with van der Waals surface area (Å²) in [6.07, 6.45) is 0. The summed E-state index contributed by atoms with van der Waals surface area (Å²) in [5.74, 6) is 0. The minimum Gasteiger partial charge on any atom is -0.309 e. The van der Waals surface area contributed by atoms with Gasteiger partial charge in [-0.25, -0.2) is 0 Å². The first kappa shape index (κ1) is 15.2. The van der Waals surface area contributed by atoms with Crippen LogP contribution in [0.2, 0.25) is 0 Å². The van der Waals surface area contributed by atoms with Crippen LogP contribution >= 0.6 is 31.9 Å². The second-order valence-corrected chi connectivity index (χ2v) is 7.81. The van der Waals surface area contributed by atoms with Crippen molar-refractivity contribution in [3.05, 3.63) is 87.8 Å². The van der Waals surface area contributed by atoms with E-state index in [1.807, 2.05) is 0 Å². The van der Waals surface area contributed by atoms with Gasteiger partial charge in [0.25, 0.3) is 0 Å². The molecule has 0 fully saturated rings. The molecule has 25 heavy (non-hydrogen) atoms. The molecule has 0 bridgehead atoms. The largest absolute Gasteiger partial charge is 0.309 e. The van der Waals surface area contributed by atoms with Gasteiger partial charge in [-0.3, -0.25) is 0 Å². The van der Waals surface area contributed by atoms with E-state index in [1.54, 1.807) is 0 Å². The van der Waals surface area contributed by atoms with Crippen molar-refractivity contribution in [2.24, 2.45) is 0 Å². The molecule has 0 radical (unpaired) electrons. The Morgan fingerprint density at radius 2 is 1.12 bits per heavy atom. The Morgan fingerprint density at radius 3 is 1.80 bits per heavy atom. The van der Waals surface area contributed by atoms with E-state index in [0.29, 0.717) is 0 Å². The highest BCUT2D eigenvalue weighted by Crippen LogP contribution is 2.40. The zero-order chi connectivity index (χ0) is 17.0. The highest BCUT2D eigenvalue weighted by atomic mass is 79.9. The lowest BCUT2D eigenvalue weighted by Gasteiger charge is -2.11. The minimum atomic E-state index is 1.11. The third-order valence-electron chi connectivity index (χ3n) is 4.72. The molecule has 5 aromatic rings. The monoisotopic (exact) mass is 449 g/mol. The van der Waals surface area contributed by atoms with Gasteiger partial charge in [0, 0.05) is 25.1 Å². The Kier molecular flexibility index (Phi) is 3.47. The number of halogens is 2. The maximum atomic E-state index is 3.75. The number of hydrogen-bond donors (Lipinski definition) is 0. The maximum Gasteiger partial charge on any atom is 0.0553 e. The average Bonchev–Trinajstić information content (AvgIpc) is 2.98. The molecule has 5 rings (SSSR count). The number of fused-ring (bicyclic) bond motifs is 4. The number of aromatic nitrogens is 1. The second-order valence-electron chi connectivity index (χ2n) is 6.10. The highest BCUT2D eigenvalue weighted by molar-refractivity contribution is 9.11. The van der Waals surface area contributed by atoms with E-state index in [4.69, 9.17) is 0 Å². The number of benzene rings is 4. The van der Waals surface area contributed by atoms with Crippen molar-refractivity contribution in [1.29, 1.82) is 0 Å². The molecule has 1 nitrogen and oxygen atoms in total. The Bertz CT molecular complexity index is 1200. The predicted molar refractivity (Wildman–Crippen MR) is 114 cm³/mol. The van der Waals surface area contributed by atoms with Crippen molar-refractivity contribution in [3.8, 4) is 5.69 Å². The first-order valence-corrected chi connectivity index (χ1v) is 9.69. The molecule has 0 saturated heterocycles. The van der Waals surface area contributed by atoms with Gasteiger partial charge >= 0.3 is 0 Å². The van der Waals surface area contributed by atoms with E-state index in [0.717, 1.165) is 8.95 Å². The molecule has 3 heteroatoms. The van der Waals surface area contributed by atoms with Crippen LogP contribution in [0, 0.1) is 0 Å². The van der Waals surface area contributed by atoms with Crippen LogP contribution in [0.1, 0.15) is 0 Å². The molecular formula is C22H13Br2N. The van der Waals surface area contributed by atoms with Gasteiger partial charge in [0.15, 0.2) is 0 Å². The average molecular weight is 451 g/mol. The molecule has 0 atom stereocenters. The van der Waals surface area contributed by atoms with Crippen LogP contribution in [0.3, 0.4) is 0 Å². The molecule has 1 heterocycles. The van der Waals surface area contributed by atoms with E-state index in [2.05, 4.69) is 115 Å². The van der Waals surface area contributed by atoms with Crippen LogP contribution in [0.25, 0.3) is 38.3 Å². The van der Waals surface area contributed by atoms with Crippen molar-refractivity contribution in [3.63, 3.8) is 0 Å². The van der Waals surface area contributed by atoms with Crippen molar-refractivity contribution < 1.29 is 0 Å². The van der Waals surface area contributed by atoms with Gasteiger partial charge in [-0.05, 0) is 35.7 Å². The van der Waals surface area contributed by atoms with Crippen LogP contribution in [0.5, 0.6) is 0 Å². The van der Waals surface area contributed by atoms with Crippen LogP contribution in [0.15, 0.2) is 87.8 Å². The van der Waals surface area contributed by atoms with Crippen LogP contribution in [-0.2, 0) is 0 Å². The fourth-order valence-electron chi connectivity index (χ4n) is 3.69. The van der Waals surface area contributed by atoms with Crippen LogP contribution < -0.4 is 0 Å². The van der Waals surface area contributed by atoms with Crippen molar-refractivity contribution >= 4 is 64.4 Å². The smallest absolute Gasteiger partial charge is 0.0553 e. The third kappa shape index (κ3) is 2.19. The van der Waals surface area contributed by atoms with Gasteiger partial charge in [-0.15, -0.1) is 0 Å². The second kappa shape index (κ2) is 5.72. The summed E-state index contributed by atoms with van der Waals surface area (Å²) in [6.45, 7) is 0. The minimum absolute atomic E-state index is 1.11. The van der Waals surface area contributed by atoms with Crippen molar-refractivity contribution in [2.45, 2.75) is 0 Å². The lowest BCUT2D eigenvalue weighted by molar-refractivity contribution is 1.20. The van der Waals surface area contributed by atoms with Gasteiger partial charge in [-0.1, -0.05) is 80.4 Å². The van der Waals surface area contributed by atoms with Crippen LogP contribution in [-0.4, -0.2) is 4.57 Å². The molecule has 0 aliphatic carbocycles. The van der Waals surface area contributed by atoms with E-state index in [9.17, 15) is 0 Å². The third-order valence-corrected chi connectivity index (χ3v) is 6.04. The normalized spacial score (nSPS) is 11.6. The van der Waals surface area contributed by atoms with Gasteiger partial charge in [0.2, 0.25) is 0 Å². The van der Waals surface area contributed by atoms with E-state index < -0.39 is 0 Å². The summed E-state index contributed by atoms with van der Waals surface area (Å²) in [5, 5.41) is 4.97. The zero-order valence-electron chi connectivity index (χ0n) is 13.2. The van der Waals surface area contributed by atoms with E-state index >= 15 is 0 Å². The molecule has 0 saturated carbocycles. The molecule has 0 aliphatic heterocycles. The Balaban J connectivity index is 2.06. The topological polar surface area (TPSA) is 4.93 Å². The summed E-state index contributed by atoms with van der Waals surface area (Å²) < 4.78 is 4.59. The molecule has 0 N–H and O–H groups in total. The molecular weight excluding hydrogens is 438 g/mol. The summed E-state index contributed by atoms with van der Waals surface area (Å²) in [4.78, 5) is 0. The SMILES string of the molecule is Brc1cccc2c1c1c(Br)cccc1n2-c1cccc2ccccc12. The highest BCUT2D eigenvalue weighted by Gasteiger charge is 2.17. The molecule has 120 valence electrons. The van der Waals surface area contributed by atoms with E-state index in [1.165, 1.54) is 38.3 Å². The predicted octanol–water partition coefficient (Wildman–Crippen LogP) is 7.46. The molecule has 1 aromatic heterocycles. The van der Waals surface area contributed by atoms with Crippen molar-refractivity contribution in [2.75, 3.05) is 0 Å². The number of rotatable bonds is 1. The van der Waals surface area contributed by atoms with Gasteiger partial charge < -0.3 is 4.57 Å². The van der Waals surface area contributed by atoms with Crippen molar-refractivity contribution in [1.82, 2.24) is 4.57 Å². The Hall–Kier alpha value is -2.10. The molecule has 0 aliphatic rings. The standard InChI is InChI=1S/C22H13Br2N/c23-16-9-4-12-19-21(16)22-17(24)10-5-13-20(22)25(19)18-11-3-7-14-6-1-2-8-15(14)18/h1-13H. The van der Waals surface area contributed by atoms with Gasteiger partial charge in [0.05, 0.1) is 16.7 Å². The van der Waals surface area contributed by atoms with Crippen LogP contribution in [0.4, 0.5) is 0 Å². The maximum absolute atomic E-state index is 3.75. The summed E-state index contributed by atoms with van der Waals surface area (Å²) >= 11 is 7.51.